The maximum Gasteiger partial charge on any atom is 0.251 e. The average molecular weight is 268 g/mol. The molecule has 4 heteroatoms. The molecule has 1 aromatic carbocycles. The fourth-order valence-corrected chi connectivity index (χ4v) is 1.69. The summed E-state index contributed by atoms with van der Waals surface area (Å²) in [4.78, 5) is 11.8. The lowest BCUT2D eigenvalue weighted by molar-refractivity contribution is 0.0926. The summed E-state index contributed by atoms with van der Waals surface area (Å²) >= 11 is 5.84. The number of hydrogen-bond acceptors (Lipinski definition) is 2. The van der Waals surface area contributed by atoms with Gasteiger partial charge in [0.15, 0.2) is 0 Å². The monoisotopic (exact) mass is 267 g/mol. The van der Waals surface area contributed by atoms with Gasteiger partial charge in [-0.1, -0.05) is 23.8 Å². The van der Waals surface area contributed by atoms with Crippen molar-refractivity contribution in [1.29, 1.82) is 0 Å². The van der Waals surface area contributed by atoms with Crippen LogP contribution in [0.15, 0.2) is 30.4 Å². The average Bonchev–Trinajstić information content (AvgIpc) is 2.27. The van der Waals surface area contributed by atoms with Crippen molar-refractivity contribution >= 4 is 17.5 Å². The zero-order valence-electron chi connectivity index (χ0n) is 10.8. The van der Waals surface area contributed by atoms with E-state index in [1.54, 1.807) is 18.2 Å². The largest absolute Gasteiger partial charge is 0.375 e. The van der Waals surface area contributed by atoms with Gasteiger partial charge in [-0.25, -0.2) is 0 Å². The molecular formula is C14H18ClNO2. The second-order valence-corrected chi connectivity index (χ2v) is 4.66. The highest BCUT2D eigenvalue weighted by atomic mass is 35.5. The van der Waals surface area contributed by atoms with Gasteiger partial charge in [0, 0.05) is 17.1 Å². The first-order valence-electron chi connectivity index (χ1n) is 5.77. The van der Waals surface area contributed by atoms with E-state index in [1.807, 2.05) is 13.8 Å². The predicted molar refractivity (Wildman–Crippen MR) is 74.2 cm³/mol. The Morgan fingerprint density at radius 2 is 2.22 bits per heavy atom. The number of amides is 1. The van der Waals surface area contributed by atoms with Crippen LogP contribution in [0.4, 0.5) is 0 Å². The maximum atomic E-state index is 11.8. The Morgan fingerprint density at radius 3 is 2.83 bits per heavy atom. The fraction of sp³-hybridized carbons (Fsp3) is 0.357. The summed E-state index contributed by atoms with van der Waals surface area (Å²) in [6.07, 6.45) is 0. The quantitative estimate of drug-likeness (QED) is 0.636. The van der Waals surface area contributed by atoms with E-state index in [9.17, 15) is 4.79 Å². The van der Waals surface area contributed by atoms with Gasteiger partial charge >= 0.3 is 0 Å². The number of ether oxygens (including phenoxy) is 1. The first-order chi connectivity index (χ1) is 8.50. The molecule has 0 unspecified atom stereocenters. The molecule has 0 radical (unpaired) electrons. The van der Waals surface area contributed by atoms with Gasteiger partial charge in [-0.15, -0.1) is 0 Å². The first kappa shape index (κ1) is 14.7. The van der Waals surface area contributed by atoms with Crippen molar-refractivity contribution in [1.82, 2.24) is 5.32 Å². The molecular weight excluding hydrogens is 250 g/mol. The predicted octanol–water partition coefficient (Wildman–Crippen LogP) is 2.97. The molecule has 0 bridgehead atoms. The van der Waals surface area contributed by atoms with Crippen molar-refractivity contribution in [3.8, 4) is 0 Å². The van der Waals surface area contributed by atoms with Gasteiger partial charge in [0.1, 0.15) is 0 Å². The molecule has 0 saturated heterocycles. The molecule has 0 saturated carbocycles. The van der Waals surface area contributed by atoms with Crippen molar-refractivity contribution in [3.05, 3.63) is 46.5 Å². The highest BCUT2D eigenvalue weighted by molar-refractivity contribution is 6.30. The Labute approximate surface area is 113 Å². The minimum atomic E-state index is -0.108. The fourth-order valence-electron chi connectivity index (χ4n) is 1.46. The van der Waals surface area contributed by atoms with Gasteiger partial charge in [0.2, 0.25) is 0 Å². The third-order valence-corrected chi connectivity index (χ3v) is 2.55. The summed E-state index contributed by atoms with van der Waals surface area (Å²) in [5.41, 5.74) is 2.47. The highest BCUT2D eigenvalue weighted by Crippen LogP contribution is 2.14. The van der Waals surface area contributed by atoms with Crippen molar-refractivity contribution in [2.24, 2.45) is 0 Å². The van der Waals surface area contributed by atoms with Crippen molar-refractivity contribution in [3.63, 3.8) is 0 Å². The van der Waals surface area contributed by atoms with Crippen LogP contribution in [-0.4, -0.2) is 25.7 Å². The number of carbonyl (C=O) groups is 1. The summed E-state index contributed by atoms with van der Waals surface area (Å²) < 4.78 is 5.30. The summed E-state index contributed by atoms with van der Waals surface area (Å²) in [6, 6.07) is 5.21. The van der Waals surface area contributed by atoms with Gasteiger partial charge in [0.25, 0.3) is 5.91 Å². The van der Waals surface area contributed by atoms with Gasteiger partial charge in [-0.3, -0.25) is 4.79 Å². The van der Waals surface area contributed by atoms with Gasteiger partial charge in [-0.05, 0) is 37.6 Å². The van der Waals surface area contributed by atoms with Gasteiger partial charge in [0.05, 0.1) is 13.2 Å². The minimum absolute atomic E-state index is 0.108. The molecule has 1 aromatic rings. The van der Waals surface area contributed by atoms with Crippen LogP contribution in [0.3, 0.4) is 0 Å². The van der Waals surface area contributed by atoms with Crippen LogP contribution >= 0.6 is 11.6 Å². The molecule has 18 heavy (non-hydrogen) atoms. The van der Waals surface area contributed by atoms with Gasteiger partial charge < -0.3 is 10.1 Å². The van der Waals surface area contributed by atoms with E-state index in [4.69, 9.17) is 16.3 Å². The zero-order valence-corrected chi connectivity index (χ0v) is 11.5. The molecule has 0 heterocycles. The molecule has 1 rings (SSSR count). The summed E-state index contributed by atoms with van der Waals surface area (Å²) in [5.74, 6) is -0.108. The van der Waals surface area contributed by atoms with Crippen molar-refractivity contribution in [2.75, 3.05) is 19.8 Å². The van der Waals surface area contributed by atoms with E-state index in [0.717, 1.165) is 11.1 Å². The summed E-state index contributed by atoms with van der Waals surface area (Å²) in [5, 5.41) is 3.43. The van der Waals surface area contributed by atoms with Gasteiger partial charge in [-0.2, -0.15) is 0 Å². The number of rotatable bonds is 6. The molecule has 0 fully saturated rings. The van der Waals surface area contributed by atoms with Crippen LogP contribution in [0.25, 0.3) is 0 Å². The molecule has 1 N–H and O–H groups in total. The van der Waals surface area contributed by atoms with E-state index in [2.05, 4.69) is 11.9 Å². The number of nitrogens with one attached hydrogen (secondary N) is 1. The molecule has 0 spiro atoms. The van der Waals surface area contributed by atoms with Crippen LogP contribution in [-0.2, 0) is 4.74 Å². The maximum absolute atomic E-state index is 11.8. The second kappa shape index (κ2) is 7.19. The second-order valence-electron chi connectivity index (χ2n) is 4.22. The smallest absolute Gasteiger partial charge is 0.251 e. The topological polar surface area (TPSA) is 38.3 Å². The number of halogens is 1. The molecule has 0 aliphatic carbocycles. The SMILES string of the molecule is C=C(C)COCCNC(=O)c1ccc(Cl)cc1C. The van der Waals surface area contributed by atoms with Crippen molar-refractivity contribution < 1.29 is 9.53 Å². The normalized spacial score (nSPS) is 10.2. The molecule has 0 aliphatic rings. The van der Waals surface area contributed by atoms with Crippen LogP contribution in [0.2, 0.25) is 5.02 Å². The standard InChI is InChI=1S/C14H18ClNO2/c1-10(2)9-18-7-6-16-14(17)13-5-4-12(15)8-11(13)3/h4-5,8H,1,6-7,9H2,2-3H3,(H,16,17). The Balaban J connectivity index is 2.39. The third kappa shape index (κ3) is 4.90. The van der Waals surface area contributed by atoms with Crippen LogP contribution in [0.1, 0.15) is 22.8 Å². The van der Waals surface area contributed by atoms with Crippen LogP contribution in [0.5, 0.6) is 0 Å². The number of hydrogen-bond donors (Lipinski definition) is 1. The van der Waals surface area contributed by atoms with Crippen LogP contribution < -0.4 is 5.32 Å². The molecule has 1 amide bonds. The van der Waals surface area contributed by atoms with E-state index in [-0.39, 0.29) is 5.91 Å². The van der Waals surface area contributed by atoms with E-state index >= 15 is 0 Å². The summed E-state index contributed by atoms with van der Waals surface area (Å²) in [7, 11) is 0. The molecule has 98 valence electrons. The molecule has 0 atom stereocenters. The first-order valence-corrected chi connectivity index (χ1v) is 6.15. The van der Waals surface area contributed by atoms with E-state index in [0.29, 0.717) is 30.3 Å². The summed E-state index contributed by atoms with van der Waals surface area (Å²) in [6.45, 7) is 8.97. The Hall–Kier alpha value is -1.32. The highest BCUT2D eigenvalue weighted by Gasteiger charge is 2.08. The molecule has 0 aliphatic heterocycles. The lowest BCUT2D eigenvalue weighted by atomic mass is 10.1. The van der Waals surface area contributed by atoms with E-state index in [1.165, 1.54) is 0 Å². The number of benzene rings is 1. The zero-order chi connectivity index (χ0) is 13.5. The van der Waals surface area contributed by atoms with Crippen molar-refractivity contribution in [2.45, 2.75) is 13.8 Å². The number of aryl methyl sites for hydroxylation is 1. The lowest BCUT2D eigenvalue weighted by Gasteiger charge is -2.08. The molecule has 0 aromatic heterocycles. The minimum Gasteiger partial charge on any atom is -0.375 e. The number of carbonyl (C=O) groups excluding carboxylic acids is 1. The Bertz CT molecular complexity index is 443. The molecule has 3 nitrogen and oxygen atoms in total. The Morgan fingerprint density at radius 1 is 1.50 bits per heavy atom. The van der Waals surface area contributed by atoms with E-state index < -0.39 is 0 Å². The van der Waals surface area contributed by atoms with Crippen LogP contribution in [0, 0.1) is 6.92 Å². The Kier molecular flexibility index (Phi) is 5.89. The lowest BCUT2D eigenvalue weighted by Crippen LogP contribution is -2.28. The third-order valence-electron chi connectivity index (χ3n) is 2.31.